The van der Waals surface area contributed by atoms with E-state index in [1.807, 2.05) is 34.0 Å². The van der Waals surface area contributed by atoms with Crippen LogP contribution in [-0.2, 0) is 0 Å². The Bertz CT molecular complexity index is 1110. The van der Waals surface area contributed by atoms with Crippen molar-refractivity contribution >= 4 is 69.9 Å². The monoisotopic (exact) mass is 425 g/mol. The van der Waals surface area contributed by atoms with Gasteiger partial charge >= 0.3 is 11.4 Å². The zero-order valence-electron chi connectivity index (χ0n) is 12.9. The van der Waals surface area contributed by atoms with Crippen LogP contribution < -0.4 is 0 Å². The number of nitro benzene ring substituents is 3. The van der Waals surface area contributed by atoms with Gasteiger partial charge in [0, 0.05) is 9.40 Å². The largest absolute Gasteiger partial charge is 0.497 e. The molecule has 0 fully saturated rings. The summed E-state index contributed by atoms with van der Waals surface area (Å²) in [5.74, 6) is -1.21. The highest BCUT2D eigenvalue weighted by Crippen LogP contribution is 2.40. The average Bonchev–Trinajstić information content (AvgIpc) is 3.28. The van der Waals surface area contributed by atoms with Gasteiger partial charge in [-0.05, 0) is 22.9 Å². The number of aromatic hydroxyl groups is 1. The number of benzene rings is 1. The Morgan fingerprint density at radius 1 is 0.778 bits per heavy atom. The van der Waals surface area contributed by atoms with Crippen molar-refractivity contribution in [3.05, 3.63) is 65.4 Å². The van der Waals surface area contributed by atoms with Crippen molar-refractivity contribution in [2.75, 3.05) is 0 Å². The lowest BCUT2D eigenvalue weighted by atomic mass is 10.2. The number of nitro groups is 3. The molecule has 4 aromatic rings. The molecule has 138 valence electrons. The van der Waals surface area contributed by atoms with Gasteiger partial charge in [0.2, 0.25) is 0 Å². The molecule has 0 bridgehead atoms. The van der Waals surface area contributed by atoms with Crippen LogP contribution in [0.5, 0.6) is 5.75 Å². The van der Waals surface area contributed by atoms with E-state index in [-0.39, 0.29) is 0 Å². The van der Waals surface area contributed by atoms with Crippen LogP contribution in [0, 0.1) is 30.3 Å². The predicted molar refractivity (Wildman–Crippen MR) is 103 cm³/mol. The van der Waals surface area contributed by atoms with Gasteiger partial charge in [-0.2, -0.15) is 0 Å². The summed E-state index contributed by atoms with van der Waals surface area (Å²) in [6.07, 6.45) is 0. The molecule has 4 rings (SSSR count). The summed E-state index contributed by atoms with van der Waals surface area (Å²) >= 11 is 5.59. The Labute approximate surface area is 161 Å². The van der Waals surface area contributed by atoms with Crippen molar-refractivity contribution in [1.29, 1.82) is 0 Å². The molecule has 10 nitrogen and oxygen atoms in total. The van der Waals surface area contributed by atoms with Gasteiger partial charge < -0.3 is 5.11 Å². The number of hydrogen-bond acceptors (Lipinski definition) is 10. The molecule has 0 amide bonds. The summed E-state index contributed by atoms with van der Waals surface area (Å²) in [6, 6.07) is 5.30. The first-order valence-electron chi connectivity index (χ1n) is 6.93. The maximum atomic E-state index is 10.4. The van der Waals surface area contributed by atoms with Crippen molar-refractivity contribution < 1.29 is 19.9 Å². The number of non-ortho nitro benzene ring substituents is 1. The van der Waals surface area contributed by atoms with Crippen LogP contribution in [0.2, 0.25) is 0 Å². The molecule has 3 heterocycles. The summed E-state index contributed by atoms with van der Waals surface area (Å²) in [7, 11) is 0. The SMILES string of the molecule is O=[N+]([O-])c1cc([N+](=O)[O-])c(O)c([N+](=O)[O-])c1.c1cc2sc3ccsc3c2s1. The second-order valence-electron chi connectivity index (χ2n) is 4.93. The third-order valence-corrected chi connectivity index (χ3v) is 6.71. The summed E-state index contributed by atoms with van der Waals surface area (Å²) in [4.78, 5) is 27.8. The van der Waals surface area contributed by atoms with Crippen LogP contribution in [0.15, 0.2) is 35.0 Å². The molecule has 3 aromatic heterocycles. The number of hydrogen-bond donors (Lipinski definition) is 1. The third-order valence-electron chi connectivity index (χ3n) is 3.34. The highest BCUT2D eigenvalue weighted by atomic mass is 32.1. The van der Waals surface area contributed by atoms with Crippen LogP contribution in [0.25, 0.3) is 18.8 Å². The second kappa shape index (κ2) is 7.22. The Morgan fingerprint density at radius 3 is 1.59 bits per heavy atom. The summed E-state index contributed by atoms with van der Waals surface area (Å²) in [5, 5.41) is 44.5. The fraction of sp³-hybridized carbons (Fsp3) is 0. The van der Waals surface area contributed by atoms with Gasteiger partial charge in [-0.15, -0.1) is 34.0 Å². The fourth-order valence-corrected chi connectivity index (χ4v) is 5.69. The second-order valence-corrected chi connectivity index (χ2v) is 7.85. The minimum atomic E-state index is -1.21. The number of rotatable bonds is 3. The van der Waals surface area contributed by atoms with E-state index in [0.29, 0.717) is 12.1 Å². The van der Waals surface area contributed by atoms with E-state index in [1.54, 1.807) is 0 Å². The number of thiophene rings is 3. The molecule has 0 atom stereocenters. The summed E-state index contributed by atoms with van der Waals surface area (Å²) < 4.78 is 5.83. The molecule has 0 radical (unpaired) electrons. The number of phenolic OH excluding ortho intramolecular Hbond substituents is 1. The lowest BCUT2D eigenvalue weighted by Crippen LogP contribution is -1.97. The molecule has 0 spiro atoms. The normalized spacial score (nSPS) is 10.5. The highest BCUT2D eigenvalue weighted by molar-refractivity contribution is 7.37. The van der Waals surface area contributed by atoms with E-state index in [9.17, 15) is 30.3 Å². The molecule has 0 aliphatic heterocycles. The smallest absolute Gasteiger partial charge is 0.324 e. The van der Waals surface area contributed by atoms with Gasteiger partial charge in [0.1, 0.15) is 0 Å². The number of nitrogens with zero attached hydrogens (tertiary/aromatic N) is 3. The first kappa shape index (κ1) is 18.6. The number of fused-ring (bicyclic) bond motifs is 3. The maximum Gasteiger partial charge on any atom is 0.324 e. The maximum absolute atomic E-state index is 10.4. The molecule has 27 heavy (non-hydrogen) atoms. The van der Waals surface area contributed by atoms with E-state index >= 15 is 0 Å². The number of phenols is 1. The molecular weight excluding hydrogens is 418 g/mol. The molecule has 0 aliphatic rings. The lowest BCUT2D eigenvalue weighted by molar-refractivity contribution is -0.404. The van der Waals surface area contributed by atoms with E-state index in [0.717, 1.165) is 0 Å². The van der Waals surface area contributed by atoms with Gasteiger partial charge in [-0.25, -0.2) is 0 Å². The standard InChI is InChI=1S/C8H4S3.C6H3N3O7/c1-3-9-7-5(1)11-6-2-4-10-8(6)7;10-6-4(8(13)14)1-3(7(11)12)2-5(6)9(15)16/h1-4H;1-2,10H. The lowest BCUT2D eigenvalue weighted by Gasteiger charge is -1.97. The molecule has 0 aliphatic carbocycles. The Balaban J connectivity index is 0.000000164. The van der Waals surface area contributed by atoms with E-state index in [1.165, 1.54) is 18.8 Å². The minimum Gasteiger partial charge on any atom is -0.497 e. The molecule has 1 aromatic carbocycles. The van der Waals surface area contributed by atoms with Gasteiger partial charge in [0.05, 0.1) is 36.3 Å². The van der Waals surface area contributed by atoms with Gasteiger partial charge in [0.15, 0.2) is 0 Å². The molecule has 13 heteroatoms. The van der Waals surface area contributed by atoms with Crippen molar-refractivity contribution in [2.24, 2.45) is 0 Å². The first-order chi connectivity index (χ1) is 12.8. The van der Waals surface area contributed by atoms with Gasteiger partial charge in [-0.1, -0.05) is 0 Å². The van der Waals surface area contributed by atoms with Crippen LogP contribution in [0.1, 0.15) is 0 Å². The Kier molecular flexibility index (Phi) is 4.98. The molecule has 0 saturated heterocycles. The van der Waals surface area contributed by atoms with E-state index < -0.39 is 37.6 Å². The van der Waals surface area contributed by atoms with Crippen molar-refractivity contribution in [1.82, 2.24) is 0 Å². The summed E-state index contributed by atoms with van der Waals surface area (Å²) in [5.41, 5.74) is -3.00. The summed E-state index contributed by atoms with van der Waals surface area (Å²) in [6.45, 7) is 0. The molecular formula is C14H7N3O7S3. The first-order valence-corrected chi connectivity index (χ1v) is 9.50. The molecule has 0 unspecified atom stereocenters. The van der Waals surface area contributed by atoms with Crippen molar-refractivity contribution in [2.45, 2.75) is 0 Å². The fourth-order valence-electron chi connectivity index (χ4n) is 2.18. The average molecular weight is 425 g/mol. The Morgan fingerprint density at radius 2 is 1.22 bits per heavy atom. The highest BCUT2D eigenvalue weighted by Gasteiger charge is 2.30. The van der Waals surface area contributed by atoms with Crippen LogP contribution in [-0.4, -0.2) is 19.9 Å². The zero-order valence-corrected chi connectivity index (χ0v) is 15.4. The topological polar surface area (TPSA) is 150 Å². The van der Waals surface area contributed by atoms with E-state index in [4.69, 9.17) is 5.11 Å². The van der Waals surface area contributed by atoms with Crippen LogP contribution >= 0.6 is 34.0 Å². The predicted octanol–water partition coefficient (Wildman–Crippen LogP) is 5.29. The van der Waals surface area contributed by atoms with Crippen molar-refractivity contribution in [3.8, 4) is 5.75 Å². The minimum absolute atomic E-state index is 0.447. The van der Waals surface area contributed by atoms with Crippen molar-refractivity contribution in [3.63, 3.8) is 0 Å². The third kappa shape index (κ3) is 3.55. The Hall–Kier alpha value is -3.16. The van der Waals surface area contributed by atoms with Gasteiger partial charge in [-0.3, -0.25) is 30.3 Å². The molecule has 0 saturated carbocycles. The van der Waals surface area contributed by atoms with Crippen LogP contribution in [0.3, 0.4) is 0 Å². The molecule has 1 N–H and O–H groups in total. The van der Waals surface area contributed by atoms with E-state index in [2.05, 4.69) is 22.9 Å². The van der Waals surface area contributed by atoms with Crippen LogP contribution in [0.4, 0.5) is 17.1 Å². The quantitative estimate of drug-likeness (QED) is 0.346. The zero-order chi connectivity index (χ0) is 19.7. The van der Waals surface area contributed by atoms with Gasteiger partial charge in [0.25, 0.3) is 11.4 Å².